The van der Waals surface area contributed by atoms with Crippen molar-refractivity contribution in [2.45, 2.75) is 19.4 Å². The minimum atomic E-state index is -0.389. The molecule has 0 radical (unpaired) electrons. The van der Waals surface area contributed by atoms with Gasteiger partial charge in [0.05, 0.1) is 25.4 Å². The topological polar surface area (TPSA) is 72.6 Å². The molecular weight excluding hydrogens is 284 g/mol. The molecule has 0 aromatic carbocycles. The molecule has 0 unspecified atom stereocenters. The smallest absolute Gasteiger partial charge is 0.339 e. The van der Waals surface area contributed by atoms with E-state index in [9.17, 15) is 9.59 Å². The van der Waals surface area contributed by atoms with Crippen LogP contribution in [-0.2, 0) is 28.9 Å². The summed E-state index contributed by atoms with van der Waals surface area (Å²) >= 11 is 0. The van der Waals surface area contributed by atoms with Crippen molar-refractivity contribution in [3.05, 3.63) is 53.2 Å². The summed E-state index contributed by atoms with van der Waals surface area (Å²) in [5, 5.41) is 0. The largest absolute Gasteiger partial charge is 0.469 e. The molecule has 3 rings (SSSR count). The lowest BCUT2D eigenvalue weighted by Gasteiger charge is -2.29. The van der Waals surface area contributed by atoms with Crippen LogP contribution in [0.4, 0.5) is 0 Å². The fourth-order valence-electron chi connectivity index (χ4n) is 2.67. The van der Waals surface area contributed by atoms with Crippen LogP contribution >= 0.6 is 0 Å². The molecule has 3 heterocycles. The van der Waals surface area contributed by atoms with E-state index in [0.717, 1.165) is 11.1 Å². The van der Waals surface area contributed by atoms with Gasteiger partial charge in [0.25, 0.3) is 0 Å². The van der Waals surface area contributed by atoms with E-state index >= 15 is 0 Å². The minimum Gasteiger partial charge on any atom is -0.469 e. The van der Waals surface area contributed by atoms with Crippen LogP contribution in [0.1, 0.15) is 27.2 Å². The van der Waals surface area contributed by atoms with Gasteiger partial charge in [0.2, 0.25) is 5.91 Å². The normalized spacial score (nSPS) is 13.6. The first-order chi connectivity index (χ1) is 10.7. The van der Waals surface area contributed by atoms with Gasteiger partial charge >= 0.3 is 5.97 Å². The molecule has 2 aromatic rings. The molecule has 1 aliphatic heterocycles. The van der Waals surface area contributed by atoms with Crippen LogP contribution in [0.3, 0.4) is 0 Å². The molecule has 1 amide bonds. The number of fused-ring (bicyclic) bond motifs is 1. The summed E-state index contributed by atoms with van der Waals surface area (Å²) in [5.41, 5.74) is 2.30. The number of hydrogen-bond donors (Lipinski definition) is 0. The van der Waals surface area contributed by atoms with Gasteiger partial charge in [-0.2, -0.15) is 0 Å². The van der Waals surface area contributed by atoms with Crippen molar-refractivity contribution in [2.75, 3.05) is 13.7 Å². The summed E-state index contributed by atoms with van der Waals surface area (Å²) < 4.78 is 9.98. The predicted octanol–water partition coefficient (Wildman–Crippen LogP) is 1.59. The molecule has 0 fully saturated rings. The number of ether oxygens (including phenoxy) is 1. The Morgan fingerprint density at radius 1 is 1.41 bits per heavy atom. The second-order valence-electron chi connectivity index (χ2n) is 5.14. The average Bonchev–Trinajstić information content (AvgIpc) is 3.06. The molecule has 0 spiro atoms. The SMILES string of the molecule is COC(=O)c1cncc2c1CCN(C(=O)Cc1ccco1)C2. The molecule has 6 heteroatoms. The molecular formula is C16H16N2O4. The molecule has 2 aromatic heterocycles. The summed E-state index contributed by atoms with van der Waals surface area (Å²) in [4.78, 5) is 29.9. The van der Waals surface area contributed by atoms with Crippen molar-refractivity contribution >= 4 is 11.9 Å². The van der Waals surface area contributed by atoms with Crippen LogP contribution in [0.25, 0.3) is 0 Å². The van der Waals surface area contributed by atoms with Gasteiger partial charge in [-0.1, -0.05) is 0 Å². The molecule has 0 N–H and O–H groups in total. The number of nitrogens with zero attached hydrogens (tertiary/aromatic N) is 2. The first-order valence-electron chi connectivity index (χ1n) is 7.03. The maximum absolute atomic E-state index is 12.3. The highest BCUT2D eigenvalue weighted by Crippen LogP contribution is 2.22. The Kier molecular flexibility index (Phi) is 3.91. The Balaban J connectivity index is 1.77. The van der Waals surface area contributed by atoms with E-state index in [2.05, 4.69) is 4.98 Å². The summed E-state index contributed by atoms with van der Waals surface area (Å²) in [6.45, 7) is 1.02. The van der Waals surface area contributed by atoms with Gasteiger partial charge in [-0.15, -0.1) is 0 Å². The maximum Gasteiger partial charge on any atom is 0.339 e. The Labute approximate surface area is 127 Å². The molecule has 114 valence electrons. The Bertz CT molecular complexity index is 694. The van der Waals surface area contributed by atoms with Gasteiger partial charge in [0, 0.05) is 25.5 Å². The van der Waals surface area contributed by atoms with Crippen LogP contribution in [0, 0.1) is 0 Å². The zero-order valence-corrected chi connectivity index (χ0v) is 12.2. The predicted molar refractivity (Wildman–Crippen MR) is 77.1 cm³/mol. The van der Waals surface area contributed by atoms with E-state index in [-0.39, 0.29) is 18.3 Å². The van der Waals surface area contributed by atoms with Gasteiger partial charge in [-0.3, -0.25) is 9.78 Å². The van der Waals surface area contributed by atoms with E-state index in [4.69, 9.17) is 9.15 Å². The number of rotatable bonds is 3. The zero-order chi connectivity index (χ0) is 15.5. The van der Waals surface area contributed by atoms with Gasteiger partial charge in [0.1, 0.15) is 5.76 Å². The average molecular weight is 300 g/mol. The second-order valence-corrected chi connectivity index (χ2v) is 5.14. The van der Waals surface area contributed by atoms with E-state index in [1.165, 1.54) is 13.3 Å². The van der Waals surface area contributed by atoms with E-state index in [1.807, 2.05) is 0 Å². The van der Waals surface area contributed by atoms with Crippen LogP contribution in [0.15, 0.2) is 35.2 Å². The van der Waals surface area contributed by atoms with Gasteiger partial charge < -0.3 is 14.1 Å². The third-order valence-corrected chi connectivity index (χ3v) is 3.80. The van der Waals surface area contributed by atoms with E-state index in [1.54, 1.807) is 29.5 Å². The van der Waals surface area contributed by atoms with Crippen molar-refractivity contribution < 1.29 is 18.7 Å². The lowest BCUT2D eigenvalue weighted by molar-refractivity contribution is -0.131. The Morgan fingerprint density at radius 3 is 3.00 bits per heavy atom. The van der Waals surface area contributed by atoms with Crippen molar-refractivity contribution in [3.63, 3.8) is 0 Å². The van der Waals surface area contributed by atoms with Crippen LogP contribution < -0.4 is 0 Å². The van der Waals surface area contributed by atoms with Crippen molar-refractivity contribution in [3.8, 4) is 0 Å². The molecule has 0 saturated heterocycles. The number of aromatic nitrogens is 1. The third kappa shape index (κ3) is 2.72. The molecule has 0 bridgehead atoms. The molecule has 6 nitrogen and oxygen atoms in total. The first-order valence-corrected chi connectivity index (χ1v) is 7.03. The van der Waals surface area contributed by atoms with Crippen molar-refractivity contribution in [2.24, 2.45) is 0 Å². The van der Waals surface area contributed by atoms with E-state index in [0.29, 0.717) is 30.8 Å². The maximum atomic E-state index is 12.3. The summed E-state index contributed by atoms with van der Waals surface area (Å²) in [5.74, 6) is 0.265. The van der Waals surface area contributed by atoms with Gasteiger partial charge in [-0.05, 0) is 29.7 Å². The zero-order valence-electron chi connectivity index (χ0n) is 12.2. The number of amides is 1. The van der Waals surface area contributed by atoms with Crippen molar-refractivity contribution in [1.82, 2.24) is 9.88 Å². The molecule has 22 heavy (non-hydrogen) atoms. The quantitative estimate of drug-likeness (QED) is 0.805. The van der Waals surface area contributed by atoms with Gasteiger partial charge in [-0.25, -0.2) is 4.79 Å². The van der Waals surface area contributed by atoms with Gasteiger partial charge in [0.15, 0.2) is 0 Å². The molecule has 0 aliphatic carbocycles. The summed E-state index contributed by atoms with van der Waals surface area (Å²) in [6.07, 6.45) is 5.64. The fraction of sp³-hybridized carbons (Fsp3) is 0.312. The van der Waals surface area contributed by atoms with E-state index < -0.39 is 0 Å². The molecule has 1 aliphatic rings. The van der Waals surface area contributed by atoms with Crippen LogP contribution in [0.5, 0.6) is 0 Å². The monoisotopic (exact) mass is 300 g/mol. The molecule has 0 atom stereocenters. The lowest BCUT2D eigenvalue weighted by Crippen LogP contribution is -2.37. The number of methoxy groups -OCH3 is 1. The number of pyridine rings is 1. The molecule has 0 saturated carbocycles. The van der Waals surface area contributed by atoms with Crippen LogP contribution in [-0.4, -0.2) is 35.4 Å². The lowest BCUT2D eigenvalue weighted by atomic mass is 9.97. The van der Waals surface area contributed by atoms with Crippen molar-refractivity contribution in [1.29, 1.82) is 0 Å². The highest BCUT2D eigenvalue weighted by atomic mass is 16.5. The summed E-state index contributed by atoms with van der Waals surface area (Å²) in [7, 11) is 1.35. The first kappa shape index (κ1) is 14.3. The number of carbonyl (C=O) groups is 2. The third-order valence-electron chi connectivity index (χ3n) is 3.80. The highest BCUT2D eigenvalue weighted by Gasteiger charge is 2.25. The fourth-order valence-corrected chi connectivity index (χ4v) is 2.67. The Morgan fingerprint density at radius 2 is 2.27 bits per heavy atom. The minimum absolute atomic E-state index is 0.00377. The second kappa shape index (κ2) is 6.01. The summed E-state index contributed by atoms with van der Waals surface area (Å²) in [6, 6.07) is 3.55. The number of esters is 1. The number of hydrogen-bond acceptors (Lipinski definition) is 5. The number of furan rings is 1. The Hall–Kier alpha value is -2.63. The standard InChI is InChI=1S/C16H16N2O4/c1-21-16(20)14-9-17-8-11-10-18(5-4-13(11)14)15(19)7-12-3-2-6-22-12/h2-3,6,8-9H,4-5,7,10H2,1H3. The van der Waals surface area contributed by atoms with Crippen LogP contribution in [0.2, 0.25) is 0 Å². The number of carbonyl (C=O) groups excluding carboxylic acids is 2. The highest BCUT2D eigenvalue weighted by molar-refractivity contribution is 5.91.